The lowest BCUT2D eigenvalue weighted by molar-refractivity contribution is 0.160. The summed E-state index contributed by atoms with van der Waals surface area (Å²) in [5.41, 5.74) is 7.29. The fourth-order valence-electron chi connectivity index (χ4n) is 2.45. The smallest absolute Gasteiger partial charge is 0.0635 e. The van der Waals surface area contributed by atoms with Crippen LogP contribution in [0.4, 0.5) is 0 Å². The van der Waals surface area contributed by atoms with Gasteiger partial charge in [0.05, 0.1) is 18.3 Å². The molecule has 0 saturated heterocycles. The van der Waals surface area contributed by atoms with Crippen molar-refractivity contribution < 1.29 is 0 Å². The Balaban J connectivity index is 2.94. The Labute approximate surface area is 116 Å². The molecule has 19 heavy (non-hydrogen) atoms. The maximum absolute atomic E-state index is 8.82. The minimum absolute atomic E-state index is 0.00152. The number of aromatic nitrogens is 2. The first kappa shape index (κ1) is 15.7. The first-order valence-electron chi connectivity index (χ1n) is 6.80. The zero-order valence-electron chi connectivity index (χ0n) is 12.4. The predicted octanol–water partition coefficient (Wildman–Crippen LogP) is 1.68. The van der Waals surface area contributed by atoms with Gasteiger partial charge in [0.1, 0.15) is 0 Å². The van der Waals surface area contributed by atoms with Gasteiger partial charge in [-0.2, -0.15) is 10.4 Å². The van der Waals surface area contributed by atoms with Crippen LogP contribution >= 0.6 is 0 Å². The summed E-state index contributed by atoms with van der Waals surface area (Å²) in [5.74, 6) is 0.539. The van der Waals surface area contributed by atoms with Crippen LogP contribution in [-0.2, 0) is 7.05 Å². The van der Waals surface area contributed by atoms with E-state index in [4.69, 9.17) is 11.0 Å². The van der Waals surface area contributed by atoms with Crippen molar-refractivity contribution in [3.05, 3.63) is 18.0 Å². The van der Waals surface area contributed by atoms with E-state index in [2.05, 4.69) is 29.9 Å². The molecule has 1 rings (SSSR count). The zero-order chi connectivity index (χ0) is 14.4. The molecule has 2 N–H and O–H groups in total. The molecule has 1 aromatic rings. The Morgan fingerprint density at radius 3 is 2.58 bits per heavy atom. The summed E-state index contributed by atoms with van der Waals surface area (Å²) < 4.78 is 1.79. The molecule has 0 amide bonds. The number of rotatable bonds is 7. The van der Waals surface area contributed by atoms with Gasteiger partial charge in [0.25, 0.3) is 0 Å². The van der Waals surface area contributed by atoms with Crippen LogP contribution in [0.2, 0.25) is 0 Å². The highest BCUT2D eigenvalue weighted by Crippen LogP contribution is 2.24. The molecule has 5 nitrogen and oxygen atoms in total. The molecular formula is C14H25N5. The summed E-state index contributed by atoms with van der Waals surface area (Å²) in [4.78, 5) is 2.30. The first-order valence-corrected chi connectivity index (χ1v) is 6.80. The topological polar surface area (TPSA) is 70.9 Å². The second-order valence-corrected chi connectivity index (χ2v) is 5.55. The number of aryl methyl sites for hydroxylation is 1. The Morgan fingerprint density at radius 1 is 1.47 bits per heavy atom. The molecule has 2 unspecified atom stereocenters. The number of nitriles is 1. The Hall–Kier alpha value is -1.38. The van der Waals surface area contributed by atoms with Gasteiger partial charge in [-0.1, -0.05) is 13.8 Å². The molecule has 5 heteroatoms. The molecule has 0 bridgehead atoms. The van der Waals surface area contributed by atoms with Gasteiger partial charge < -0.3 is 5.73 Å². The third-order valence-corrected chi connectivity index (χ3v) is 3.07. The van der Waals surface area contributed by atoms with E-state index in [-0.39, 0.29) is 12.1 Å². The standard InChI is InChI=1S/C14H25N5/c1-11(2)9-19(7-5-6-15)14(12(3)16)13-8-17-18(4)10-13/h8,10-12,14H,5,7,9,16H2,1-4H3. The lowest BCUT2D eigenvalue weighted by Crippen LogP contribution is -2.41. The summed E-state index contributed by atoms with van der Waals surface area (Å²) in [7, 11) is 1.91. The largest absolute Gasteiger partial charge is 0.326 e. The highest BCUT2D eigenvalue weighted by atomic mass is 15.3. The summed E-state index contributed by atoms with van der Waals surface area (Å²) in [6.45, 7) is 8.05. The van der Waals surface area contributed by atoms with Crippen LogP contribution in [-0.4, -0.2) is 33.8 Å². The second-order valence-electron chi connectivity index (χ2n) is 5.55. The fourth-order valence-corrected chi connectivity index (χ4v) is 2.45. The zero-order valence-corrected chi connectivity index (χ0v) is 12.4. The van der Waals surface area contributed by atoms with Crippen LogP contribution in [0.25, 0.3) is 0 Å². The van der Waals surface area contributed by atoms with Gasteiger partial charge in [-0.3, -0.25) is 9.58 Å². The average molecular weight is 263 g/mol. The molecule has 1 aromatic heterocycles. The summed E-state index contributed by atoms with van der Waals surface area (Å²) in [6, 6.07) is 2.34. The monoisotopic (exact) mass is 263 g/mol. The molecule has 0 radical (unpaired) electrons. The van der Waals surface area contributed by atoms with Crippen LogP contribution < -0.4 is 5.73 Å². The van der Waals surface area contributed by atoms with Crippen molar-refractivity contribution >= 4 is 0 Å². The van der Waals surface area contributed by atoms with Gasteiger partial charge in [0, 0.05) is 44.4 Å². The van der Waals surface area contributed by atoms with Crippen LogP contribution in [0.1, 0.15) is 38.8 Å². The molecule has 0 fully saturated rings. The highest BCUT2D eigenvalue weighted by Gasteiger charge is 2.25. The van der Waals surface area contributed by atoms with Crippen LogP contribution in [0.5, 0.6) is 0 Å². The highest BCUT2D eigenvalue weighted by molar-refractivity contribution is 5.13. The molecule has 0 aliphatic carbocycles. The van der Waals surface area contributed by atoms with Crippen molar-refractivity contribution in [3.8, 4) is 6.07 Å². The summed E-state index contributed by atoms with van der Waals surface area (Å²) in [5, 5.41) is 13.1. The summed E-state index contributed by atoms with van der Waals surface area (Å²) in [6.07, 6.45) is 4.40. The molecule has 0 aromatic carbocycles. The summed E-state index contributed by atoms with van der Waals surface area (Å²) >= 11 is 0. The molecule has 0 aliphatic rings. The lowest BCUT2D eigenvalue weighted by atomic mass is 10.0. The van der Waals surface area contributed by atoms with Crippen molar-refractivity contribution in [1.29, 1.82) is 5.26 Å². The maximum atomic E-state index is 8.82. The molecular weight excluding hydrogens is 238 g/mol. The molecule has 0 saturated carbocycles. The molecule has 2 atom stereocenters. The lowest BCUT2D eigenvalue weighted by Gasteiger charge is -2.34. The number of nitrogens with zero attached hydrogens (tertiary/aromatic N) is 4. The Morgan fingerprint density at radius 2 is 2.16 bits per heavy atom. The fraction of sp³-hybridized carbons (Fsp3) is 0.714. The Kier molecular flexibility index (Phi) is 6.00. The normalized spacial score (nSPS) is 14.6. The minimum Gasteiger partial charge on any atom is -0.326 e. The van der Waals surface area contributed by atoms with E-state index in [1.165, 1.54) is 0 Å². The second kappa shape index (κ2) is 7.27. The van der Waals surface area contributed by atoms with Gasteiger partial charge in [-0.05, 0) is 12.8 Å². The van der Waals surface area contributed by atoms with Gasteiger partial charge in [0.15, 0.2) is 0 Å². The molecule has 106 valence electrons. The van der Waals surface area contributed by atoms with Crippen LogP contribution in [0.15, 0.2) is 12.4 Å². The van der Waals surface area contributed by atoms with E-state index in [9.17, 15) is 0 Å². The number of nitrogens with two attached hydrogens (primary N) is 1. The first-order chi connectivity index (χ1) is 8.95. The van der Waals surface area contributed by atoms with Gasteiger partial charge in [0.2, 0.25) is 0 Å². The SMILES string of the molecule is CC(C)CN(CCC#N)C(c1cnn(C)c1)C(C)N. The van der Waals surface area contributed by atoms with E-state index in [1.54, 1.807) is 4.68 Å². The van der Waals surface area contributed by atoms with E-state index in [1.807, 2.05) is 26.4 Å². The van der Waals surface area contributed by atoms with Gasteiger partial charge in [-0.15, -0.1) is 0 Å². The van der Waals surface area contributed by atoms with Crippen molar-refractivity contribution in [1.82, 2.24) is 14.7 Å². The Bertz CT molecular complexity index is 416. The van der Waals surface area contributed by atoms with Gasteiger partial charge in [-0.25, -0.2) is 0 Å². The number of hydrogen-bond donors (Lipinski definition) is 1. The molecule has 1 heterocycles. The van der Waals surface area contributed by atoms with Crippen LogP contribution in [0, 0.1) is 17.2 Å². The van der Waals surface area contributed by atoms with Crippen LogP contribution in [0.3, 0.4) is 0 Å². The van der Waals surface area contributed by atoms with Crippen molar-refractivity contribution in [2.45, 2.75) is 39.3 Å². The van der Waals surface area contributed by atoms with E-state index in [0.717, 1.165) is 18.7 Å². The third kappa shape index (κ3) is 4.66. The quantitative estimate of drug-likeness (QED) is 0.812. The molecule has 0 aliphatic heterocycles. The maximum Gasteiger partial charge on any atom is 0.0635 e. The molecule has 0 spiro atoms. The predicted molar refractivity (Wildman–Crippen MR) is 76.2 cm³/mol. The van der Waals surface area contributed by atoms with E-state index >= 15 is 0 Å². The number of hydrogen-bond acceptors (Lipinski definition) is 4. The van der Waals surface area contributed by atoms with Crippen molar-refractivity contribution in [2.24, 2.45) is 18.7 Å². The van der Waals surface area contributed by atoms with Gasteiger partial charge >= 0.3 is 0 Å². The van der Waals surface area contributed by atoms with Crippen molar-refractivity contribution in [2.75, 3.05) is 13.1 Å². The average Bonchev–Trinajstić information content (AvgIpc) is 2.71. The van der Waals surface area contributed by atoms with E-state index in [0.29, 0.717) is 12.3 Å². The van der Waals surface area contributed by atoms with Crippen molar-refractivity contribution in [3.63, 3.8) is 0 Å². The van der Waals surface area contributed by atoms with E-state index < -0.39 is 0 Å². The third-order valence-electron chi connectivity index (χ3n) is 3.07. The minimum atomic E-state index is 0.00152.